The van der Waals surface area contributed by atoms with Crippen molar-refractivity contribution in [2.75, 3.05) is 5.32 Å². The van der Waals surface area contributed by atoms with Crippen molar-refractivity contribution in [3.63, 3.8) is 0 Å². The highest BCUT2D eigenvalue weighted by atomic mass is 35.5. The molecule has 0 saturated heterocycles. The monoisotopic (exact) mass is 614 g/mol. The molecule has 38 heavy (non-hydrogen) atoms. The van der Waals surface area contributed by atoms with Crippen LogP contribution in [0, 0.1) is 17.0 Å². The van der Waals surface area contributed by atoms with Gasteiger partial charge in [0.2, 0.25) is 0 Å². The Labute approximate surface area is 202 Å². The molecule has 22 heteroatoms. The molecule has 1 rings (SSSR count). The number of alkyl halides is 17. The van der Waals surface area contributed by atoms with E-state index in [9.17, 15) is 85.2 Å². The van der Waals surface area contributed by atoms with Crippen LogP contribution >= 0.6 is 11.6 Å². The van der Waals surface area contributed by atoms with Crippen LogP contribution in [0.15, 0.2) is 18.2 Å². The van der Waals surface area contributed by atoms with Gasteiger partial charge in [0.05, 0.1) is 4.92 Å². The third kappa shape index (κ3) is 4.55. The Morgan fingerprint density at radius 3 is 1.47 bits per heavy atom. The molecule has 1 aromatic carbocycles. The first-order chi connectivity index (χ1) is 16.5. The topological polar surface area (TPSA) is 72.2 Å². The van der Waals surface area contributed by atoms with Crippen molar-refractivity contribution < 1.29 is 80.0 Å². The molecule has 0 saturated carbocycles. The van der Waals surface area contributed by atoms with Crippen molar-refractivity contribution in [3.8, 4) is 0 Å². The fourth-order valence-corrected chi connectivity index (χ4v) is 2.52. The number of hydrogen-bond donors (Lipinski definition) is 1. The summed E-state index contributed by atoms with van der Waals surface area (Å²) in [6.07, 6.45) is 0. The maximum atomic E-state index is 13.9. The molecule has 0 aliphatic rings. The summed E-state index contributed by atoms with van der Waals surface area (Å²) in [6.45, 7) is 1.01. The van der Waals surface area contributed by atoms with Gasteiger partial charge in [0.1, 0.15) is 0 Å². The van der Waals surface area contributed by atoms with Gasteiger partial charge in [-0.05, 0) is 24.6 Å². The summed E-state index contributed by atoms with van der Waals surface area (Å²) in [5, 5.41) is 4.48. The van der Waals surface area contributed by atoms with E-state index in [1.165, 1.54) is 0 Å². The standard InChI is InChI=1S/C16H7ClF16N2O3/c1-5-2-3-6(4-7(5)35(37)38)34-8(36)9(18,19)10(20,21)11(22,23)12(24,25)13(26,27)14(28,29)15(30,31)16(17,32)33/h2-4H,1H3,(H,34,36). The Hall–Kier alpha value is -2.74. The molecule has 1 amide bonds. The van der Waals surface area contributed by atoms with Gasteiger partial charge in [0.15, 0.2) is 0 Å². The molecule has 0 spiro atoms. The van der Waals surface area contributed by atoms with Gasteiger partial charge in [-0.25, -0.2) is 0 Å². The molecule has 0 heterocycles. The number of nitro benzene ring substituents is 1. The number of hydrogen-bond acceptors (Lipinski definition) is 3. The second-order valence-corrected chi connectivity index (χ2v) is 7.71. The zero-order chi connectivity index (χ0) is 30.7. The lowest BCUT2D eigenvalue weighted by Gasteiger charge is -2.42. The first-order valence-electron chi connectivity index (χ1n) is 8.74. The van der Waals surface area contributed by atoms with Gasteiger partial charge in [-0.15, -0.1) is 0 Å². The van der Waals surface area contributed by atoms with E-state index >= 15 is 0 Å². The van der Waals surface area contributed by atoms with Crippen molar-refractivity contribution >= 4 is 28.9 Å². The number of nitrogens with zero attached hydrogens (tertiary/aromatic N) is 1. The van der Waals surface area contributed by atoms with Crippen molar-refractivity contribution in [1.29, 1.82) is 0 Å². The second-order valence-electron chi connectivity index (χ2n) is 7.23. The summed E-state index contributed by atoms with van der Waals surface area (Å²) in [6, 6.07) is 1.24. The lowest BCUT2D eigenvalue weighted by molar-refractivity contribution is -0.445. The van der Waals surface area contributed by atoms with E-state index in [1.807, 2.05) is 0 Å². The van der Waals surface area contributed by atoms with E-state index in [2.05, 4.69) is 11.6 Å². The van der Waals surface area contributed by atoms with E-state index in [1.54, 1.807) is 0 Å². The number of carbonyl (C=O) groups excluding carboxylic acids is 1. The third-order valence-electron chi connectivity index (χ3n) is 4.67. The first kappa shape index (κ1) is 33.3. The summed E-state index contributed by atoms with van der Waals surface area (Å²) in [4.78, 5) is 21.0. The fraction of sp³-hybridized carbons (Fsp3) is 0.562. The summed E-state index contributed by atoms with van der Waals surface area (Å²) in [5.74, 6) is -61.4. The molecule has 0 radical (unpaired) electrons. The van der Waals surface area contributed by atoms with Gasteiger partial charge >= 0.3 is 52.7 Å². The second kappa shape index (κ2) is 9.18. The highest BCUT2D eigenvalue weighted by Gasteiger charge is 2.95. The van der Waals surface area contributed by atoms with Crippen LogP contribution in [0.3, 0.4) is 0 Å². The van der Waals surface area contributed by atoms with Crippen LogP contribution < -0.4 is 5.32 Å². The first-order valence-corrected chi connectivity index (χ1v) is 9.12. The molecule has 0 aliphatic carbocycles. The molecular formula is C16H7ClF16N2O3. The van der Waals surface area contributed by atoms with Crippen LogP contribution in [-0.4, -0.2) is 57.7 Å². The van der Waals surface area contributed by atoms with Crippen LogP contribution in [0.4, 0.5) is 81.6 Å². The van der Waals surface area contributed by atoms with E-state index in [0.717, 1.165) is 6.92 Å². The van der Waals surface area contributed by atoms with Crippen LogP contribution in [0.1, 0.15) is 5.56 Å². The quantitative estimate of drug-likeness (QED) is 0.132. The summed E-state index contributed by atoms with van der Waals surface area (Å²) in [5.41, 5.74) is -2.55. The minimum atomic E-state index is -8.72. The molecule has 0 unspecified atom stereocenters. The normalized spacial score (nSPS) is 14.9. The molecule has 1 N–H and O–H groups in total. The van der Waals surface area contributed by atoms with Gasteiger partial charge in [-0.2, -0.15) is 70.2 Å². The third-order valence-corrected chi connectivity index (χ3v) is 4.91. The lowest BCUT2D eigenvalue weighted by atomic mass is 9.89. The number of amides is 1. The van der Waals surface area contributed by atoms with Crippen molar-refractivity contribution in [2.45, 2.75) is 53.8 Å². The number of rotatable bonds is 10. The molecular weight excluding hydrogens is 608 g/mol. The SMILES string of the molecule is Cc1ccc(NC(=O)C(F)(F)C(F)(F)C(F)(F)C(F)(F)C(F)(F)C(F)(F)C(F)(F)C(F)(F)Cl)cc1[N+](=O)[O-]. The van der Waals surface area contributed by atoms with Crippen LogP contribution in [0.2, 0.25) is 0 Å². The van der Waals surface area contributed by atoms with Crippen LogP contribution in [0.5, 0.6) is 0 Å². The molecule has 218 valence electrons. The minimum absolute atomic E-state index is 0.150. The number of benzene rings is 1. The summed E-state index contributed by atoms with van der Waals surface area (Å²) in [7, 11) is 0. The maximum Gasteiger partial charge on any atom is 0.393 e. The van der Waals surface area contributed by atoms with Crippen molar-refractivity contribution in [2.24, 2.45) is 0 Å². The highest BCUT2D eigenvalue weighted by Crippen LogP contribution is 2.64. The minimum Gasteiger partial charge on any atom is -0.320 e. The number of nitro groups is 1. The maximum absolute atomic E-state index is 13.9. The summed E-state index contributed by atoms with van der Waals surface area (Å²) >= 11 is 3.41. The van der Waals surface area contributed by atoms with Gasteiger partial charge in [-0.3, -0.25) is 14.9 Å². The highest BCUT2D eigenvalue weighted by molar-refractivity contribution is 6.22. The predicted octanol–water partition coefficient (Wildman–Crippen LogP) is 7.12. The fourth-order valence-electron chi connectivity index (χ4n) is 2.40. The number of nitrogens with one attached hydrogen (secondary N) is 1. The smallest absolute Gasteiger partial charge is 0.320 e. The van der Waals surface area contributed by atoms with Crippen molar-refractivity contribution in [1.82, 2.24) is 0 Å². The van der Waals surface area contributed by atoms with E-state index < -0.39 is 69.0 Å². The zero-order valence-corrected chi connectivity index (χ0v) is 18.1. The molecule has 5 nitrogen and oxygen atoms in total. The van der Waals surface area contributed by atoms with Crippen LogP contribution in [0.25, 0.3) is 0 Å². The van der Waals surface area contributed by atoms with E-state index in [-0.39, 0.29) is 11.6 Å². The zero-order valence-electron chi connectivity index (χ0n) is 17.3. The number of halogens is 17. The predicted molar refractivity (Wildman–Crippen MR) is 91.9 cm³/mol. The summed E-state index contributed by atoms with van der Waals surface area (Å²) < 4.78 is 215. The average Bonchev–Trinajstić information content (AvgIpc) is 2.72. The van der Waals surface area contributed by atoms with Gasteiger partial charge in [0, 0.05) is 17.3 Å². The lowest BCUT2D eigenvalue weighted by Crippen LogP contribution is -2.75. The Bertz CT molecular complexity index is 1100. The average molecular weight is 615 g/mol. The molecule has 0 atom stereocenters. The Balaban J connectivity index is 3.60. The Morgan fingerprint density at radius 1 is 0.737 bits per heavy atom. The Morgan fingerprint density at radius 2 is 1.11 bits per heavy atom. The molecule has 0 fully saturated rings. The van der Waals surface area contributed by atoms with Crippen LogP contribution in [-0.2, 0) is 4.79 Å². The van der Waals surface area contributed by atoms with Gasteiger partial charge in [0.25, 0.3) is 5.69 Å². The molecule has 0 bridgehead atoms. The number of aryl methyl sites for hydroxylation is 1. The molecule has 0 aromatic heterocycles. The van der Waals surface area contributed by atoms with Gasteiger partial charge < -0.3 is 5.32 Å². The largest absolute Gasteiger partial charge is 0.393 e. The van der Waals surface area contributed by atoms with E-state index in [0.29, 0.717) is 17.4 Å². The molecule has 0 aliphatic heterocycles. The molecule has 1 aromatic rings. The van der Waals surface area contributed by atoms with E-state index in [4.69, 9.17) is 0 Å². The van der Waals surface area contributed by atoms with Gasteiger partial charge in [-0.1, -0.05) is 6.07 Å². The number of anilines is 1. The number of carbonyl (C=O) groups is 1. The Kier molecular flexibility index (Phi) is 8.04. The van der Waals surface area contributed by atoms with Crippen molar-refractivity contribution in [3.05, 3.63) is 33.9 Å².